The van der Waals surface area contributed by atoms with Crippen LogP contribution in [-0.2, 0) is 16.6 Å². The highest BCUT2D eigenvalue weighted by Gasteiger charge is 2.16. The van der Waals surface area contributed by atoms with Crippen LogP contribution in [0.25, 0.3) is 11.1 Å². The van der Waals surface area contributed by atoms with Crippen molar-refractivity contribution in [2.45, 2.75) is 20.3 Å². The lowest BCUT2D eigenvalue weighted by atomic mass is 10.0. The lowest BCUT2D eigenvalue weighted by Crippen LogP contribution is -2.24. The number of amides is 2. The van der Waals surface area contributed by atoms with Crippen LogP contribution in [0, 0.1) is 17.6 Å². The maximum absolute atomic E-state index is 14.3. The molecule has 0 saturated carbocycles. The second-order valence-electron chi connectivity index (χ2n) is 8.29. The van der Waals surface area contributed by atoms with Crippen LogP contribution < -0.4 is 20.9 Å². The minimum atomic E-state index is -0.901. The van der Waals surface area contributed by atoms with Crippen molar-refractivity contribution in [1.29, 1.82) is 0 Å². The minimum absolute atomic E-state index is 0.0510. The molecule has 7 nitrogen and oxygen atoms in total. The van der Waals surface area contributed by atoms with Gasteiger partial charge in [0.15, 0.2) is 11.6 Å². The van der Waals surface area contributed by atoms with Crippen molar-refractivity contribution in [3.8, 4) is 22.6 Å². The van der Waals surface area contributed by atoms with Crippen molar-refractivity contribution in [3.63, 3.8) is 0 Å². The number of pyridine rings is 1. The predicted octanol–water partition coefficient (Wildman–Crippen LogP) is 5.23. The third-order valence-corrected chi connectivity index (χ3v) is 4.91. The van der Waals surface area contributed by atoms with Crippen molar-refractivity contribution in [1.82, 2.24) is 4.57 Å². The fourth-order valence-corrected chi connectivity index (χ4v) is 3.31. The molecule has 2 amide bonds. The van der Waals surface area contributed by atoms with Gasteiger partial charge in [0.1, 0.15) is 17.3 Å². The van der Waals surface area contributed by atoms with E-state index in [1.54, 1.807) is 6.07 Å². The third-order valence-electron chi connectivity index (χ3n) is 4.91. The van der Waals surface area contributed by atoms with Gasteiger partial charge in [-0.1, -0.05) is 20.4 Å². The maximum atomic E-state index is 14.3. The largest absolute Gasteiger partial charge is 0.454 e. The Labute approximate surface area is 201 Å². The molecule has 9 heteroatoms. The first-order valence-corrected chi connectivity index (χ1v) is 10.8. The SMILES string of the molecule is C=CC(=O)Nc1ccc(Oc2ccc(F)cc2F)c(-c2cc(NC(=O)CC(C)C)c(=O)n(C)c2)c1. The summed E-state index contributed by atoms with van der Waals surface area (Å²) in [6, 6.07) is 8.99. The first-order valence-electron chi connectivity index (χ1n) is 10.8. The summed E-state index contributed by atoms with van der Waals surface area (Å²) in [6.07, 6.45) is 2.85. The van der Waals surface area contributed by atoms with Crippen LogP contribution in [0.1, 0.15) is 20.3 Å². The molecule has 0 unspecified atom stereocenters. The van der Waals surface area contributed by atoms with Gasteiger partial charge in [0.05, 0.1) is 0 Å². The van der Waals surface area contributed by atoms with E-state index in [0.29, 0.717) is 22.9 Å². The summed E-state index contributed by atoms with van der Waals surface area (Å²) < 4.78 is 34.6. The van der Waals surface area contributed by atoms with Crippen LogP contribution in [0.5, 0.6) is 11.5 Å². The van der Waals surface area contributed by atoms with Crippen LogP contribution in [0.2, 0.25) is 0 Å². The van der Waals surface area contributed by atoms with Gasteiger partial charge in [0.25, 0.3) is 5.56 Å². The molecule has 0 aliphatic carbocycles. The van der Waals surface area contributed by atoms with E-state index in [0.717, 1.165) is 18.2 Å². The summed E-state index contributed by atoms with van der Waals surface area (Å²) in [5.41, 5.74) is 0.838. The van der Waals surface area contributed by atoms with Crippen LogP contribution in [0.3, 0.4) is 0 Å². The first kappa shape index (κ1) is 25.4. The average Bonchev–Trinajstić information content (AvgIpc) is 2.78. The molecule has 0 aliphatic rings. The normalized spacial score (nSPS) is 10.7. The molecule has 1 heterocycles. The summed E-state index contributed by atoms with van der Waals surface area (Å²) in [4.78, 5) is 36.7. The Kier molecular flexibility index (Phi) is 7.80. The minimum Gasteiger partial charge on any atom is -0.454 e. The number of hydrogen-bond acceptors (Lipinski definition) is 4. The Bertz CT molecular complexity index is 1350. The number of aromatic nitrogens is 1. The van der Waals surface area contributed by atoms with Gasteiger partial charge in [-0.2, -0.15) is 0 Å². The summed E-state index contributed by atoms with van der Waals surface area (Å²) in [6.45, 7) is 7.19. The molecule has 0 radical (unpaired) electrons. The summed E-state index contributed by atoms with van der Waals surface area (Å²) in [5.74, 6) is -2.37. The van der Waals surface area contributed by atoms with Crippen LogP contribution in [0.15, 0.2) is 66.1 Å². The summed E-state index contributed by atoms with van der Waals surface area (Å²) in [5, 5.41) is 5.27. The van der Waals surface area contributed by atoms with Crippen LogP contribution >= 0.6 is 0 Å². The van der Waals surface area contributed by atoms with Crippen molar-refractivity contribution in [2.24, 2.45) is 13.0 Å². The molecule has 182 valence electrons. The smallest absolute Gasteiger partial charge is 0.274 e. The highest BCUT2D eigenvalue weighted by Crippen LogP contribution is 2.37. The van der Waals surface area contributed by atoms with Gasteiger partial charge in [-0.3, -0.25) is 14.4 Å². The van der Waals surface area contributed by atoms with Gasteiger partial charge in [0, 0.05) is 42.5 Å². The monoisotopic (exact) mass is 481 g/mol. The first-order chi connectivity index (χ1) is 16.6. The van der Waals surface area contributed by atoms with E-state index in [2.05, 4.69) is 17.2 Å². The molecule has 2 aromatic carbocycles. The molecule has 1 aromatic heterocycles. The Morgan fingerprint density at radius 1 is 1.09 bits per heavy atom. The van der Waals surface area contributed by atoms with Gasteiger partial charge in [-0.05, 0) is 48.4 Å². The number of halogens is 2. The van der Waals surface area contributed by atoms with Crippen molar-refractivity contribution in [2.75, 3.05) is 10.6 Å². The number of nitrogens with zero attached hydrogens (tertiary/aromatic N) is 1. The molecule has 0 atom stereocenters. The van der Waals surface area contributed by atoms with Crippen molar-refractivity contribution in [3.05, 3.63) is 83.3 Å². The second kappa shape index (κ2) is 10.8. The van der Waals surface area contributed by atoms with Gasteiger partial charge >= 0.3 is 0 Å². The van der Waals surface area contributed by atoms with E-state index in [9.17, 15) is 23.2 Å². The number of aryl methyl sites for hydroxylation is 1. The van der Waals surface area contributed by atoms with Crippen molar-refractivity contribution >= 4 is 23.2 Å². The lowest BCUT2D eigenvalue weighted by Gasteiger charge is -2.16. The summed E-state index contributed by atoms with van der Waals surface area (Å²) >= 11 is 0. The number of rotatable bonds is 8. The molecule has 0 bridgehead atoms. The average molecular weight is 481 g/mol. The van der Waals surface area contributed by atoms with Gasteiger partial charge < -0.3 is 19.9 Å². The maximum Gasteiger partial charge on any atom is 0.274 e. The van der Waals surface area contributed by atoms with Gasteiger partial charge in [-0.15, -0.1) is 0 Å². The molecule has 3 rings (SSSR count). The van der Waals surface area contributed by atoms with Gasteiger partial charge in [0.2, 0.25) is 11.8 Å². The zero-order chi connectivity index (χ0) is 25.7. The number of hydrogen-bond donors (Lipinski definition) is 2. The van der Waals surface area contributed by atoms with E-state index in [1.165, 1.54) is 36.0 Å². The molecule has 3 aromatic rings. The van der Waals surface area contributed by atoms with E-state index in [1.807, 2.05) is 13.8 Å². The molecule has 0 saturated heterocycles. The third kappa shape index (κ3) is 6.41. The van der Waals surface area contributed by atoms with Crippen molar-refractivity contribution < 1.29 is 23.1 Å². The van der Waals surface area contributed by atoms with Crippen LogP contribution in [-0.4, -0.2) is 16.4 Å². The molecular weight excluding hydrogens is 456 g/mol. The zero-order valence-corrected chi connectivity index (χ0v) is 19.5. The Balaban J connectivity index is 2.11. The van der Waals surface area contributed by atoms with Gasteiger partial charge in [-0.25, -0.2) is 8.78 Å². The number of nitrogens with one attached hydrogen (secondary N) is 2. The second-order valence-corrected chi connectivity index (χ2v) is 8.29. The standard InChI is InChI=1S/C26H25F2N3O4/c1-5-24(32)29-18-7-9-22(35-23-8-6-17(27)12-20(23)28)19(13-18)16-11-21(26(34)31(4)14-16)30-25(33)10-15(2)3/h5-9,11-15H,1,10H2,2-4H3,(H,29,32)(H,30,33). The number of carbonyl (C=O) groups is 2. The topological polar surface area (TPSA) is 89.4 Å². The number of carbonyl (C=O) groups excluding carboxylic acids is 2. The fraction of sp³-hybridized carbons (Fsp3) is 0.192. The molecule has 35 heavy (non-hydrogen) atoms. The molecule has 0 aliphatic heterocycles. The van der Waals surface area contributed by atoms with E-state index in [-0.39, 0.29) is 35.4 Å². The van der Waals surface area contributed by atoms with E-state index in [4.69, 9.17) is 4.74 Å². The number of benzene rings is 2. The molecule has 2 N–H and O–H groups in total. The fourth-order valence-electron chi connectivity index (χ4n) is 3.31. The highest BCUT2D eigenvalue weighted by atomic mass is 19.1. The molecule has 0 spiro atoms. The molecular formula is C26H25F2N3O4. The Morgan fingerprint density at radius 2 is 1.80 bits per heavy atom. The Hall–Kier alpha value is -4.27. The lowest BCUT2D eigenvalue weighted by molar-refractivity contribution is -0.117. The van der Waals surface area contributed by atoms with E-state index < -0.39 is 23.1 Å². The molecule has 0 fully saturated rings. The predicted molar refractivity (Wildman–Crippen MR) is 130 cm³/mol. The number of ether oxygens (including phenoxy) is 1. The Morgan fingerprint density at radius 3 is 2.46 bits per heavy atom. The number of anilines is 2. The quantitative estimate of drug-likeness (QED) is 0.431. The van der Waals surface area contributed by atoms with E-state index >= 15 is 0 Å². The zero-order valence-electron chi connectivity index (χ0n) is 19.5. The van der Waals surface area contributed by atoms with Crippen LogP contribution in [0.4, 0.5) is 20.2 Å². The summed E-state index contributed by atoms with van der Waals surface area (Å²) in [7, 11) is 1.52. The highest BCUT2D eigenvalue weighted by molar-refractivity contribution is 5.99.